The SMILES string of the molecule is COc1ccc(S(=O)(=O)CI)cc1OC. The third-order valence-electron chi connectivity index (χ3n) is 1.86. The molecular weight excluding hydrogens is 331 g/mol. The highest BCUT2D eigenvalue weighted by atomic mass is 127. The van der Waals surface area contributed by atoms with Gasteiger partial charge in [0, 0.05) is 6.07 Å². The summed E-state index contributed by atoms with van der Waals surface area (Å²) in [6.07, 6.45) is 0. The first-order valence-electron chi connectivity index (χ1n) is 4.06. The van der Waals surface area contributed by atoms with E-state index < -0.39 is 9.84 Å². The van der Waals surface area contributed by atoms with Crippen molar-refractivity contribution in [1.29, 1.82) is 0 Å². The number of benzene rings is 1. The molecule has 0 aliphatic heterocycles. The molecule has 0 radical (unpaired) electrons. The standard InChI is InChI=1S/C9H11IO4S/c1-13-8-4-3-7(5-9(8)14-2)15(11,12)6-10/h3-5H,6H2,1-2H3. The van der Waals surface area contributed by atoms with E-state index in [1.54, 1.807) is 6.07 Å². The highest BCUT2D eigenvalue weighted by molar-refractivity contribution is 14.1. The molecule has 0 heterocycles. The second kappa shape index (κ2) is 5.02. The summed E-state index contributed by atoms with van der Waals surface area (Å²) in [4.78, 5) is 0.245. The van der Waals surface area contributed by atoms with Crippen LogP contribution in [-0.2, 0) is 9.84 Å². The molecule has 0 spiro atoms. The van der Waals surface area contributed by atoms with E-state index in [0.717, 1.165) is 0 Å². The Morgan fingerprint density at radius 1 is 1.20 bits per heavy atom. The first-order chi connectivity index (χ1) is 7.05. The van der Waals surface area contributed by atoms with E-state index >= 15 is 0 Å². The molecule has 1 aromatic carbocycles. The van der Waals surface area contributed by atoms with Crippen LogP contribution >= 0.6 is 22.6 Å². The maximum atomic E-state index is 11.6. The zero-order valence-corrected chi connectivity index (χ0v) is 11.3. The quantitative estimate of drug-likeness (QED) is 0.619. The van der Waals surface area contributed by atoms with Crippen LogP contribution in [0.25, 0.3) is 0 Å². The monoisotopic (exact) mass is 342 g/mol. The highest BCUT2D eigenvalue weighted by Crippen LogP contribution is 2.29. The van der Waals surface area contributed by atoms with Crippen molar-refractivity contribution < 1.29 is 17.9 Å². The number of hydrogen-bond acceptors (Lipinski definition) is 4. The number of rotatable bonds is 4. The molecule has 0 aromatic heterocycles. The lowest BCUT2D eigenvalue weighted by molar-refractivity contribution is 0.354. The summed E-state index contributed by atoms with van der Waals surface area (Å²) in [5.41, 5.74) is 0. The summed E-state index contributed by atoms with van der Waals surface area (Å²) in [6, 6.07) is 4.56. The normalized spacial score (nSPS) is 11.1. The Labute approximate surface area is 103 Å². The molecule has 1 rings (SSSR count). The van der Waals surface area contributed by atoms with Crippen LogP contribution in [0, 0.1) is 0 Å². The van der Waals surface area contributed by atoms with E-state index in [0.29, 0.717) is 11.5 Å². The first-order valence-corrected chi connectivity index (χ1v) is 7.23. The zero-order valence-electron chi connectivity index (χ0n) is 8.36. The molecule has 0 aliphatic rings. The van der Waals surface area contributed by atoms with E-state index in [4.69, 9.17) is 9.47 Å². The minimum Gasteiger partial charge on any atom is -0.493 e. The molecule has 0 saturated heterocycles. The summed E-state index contributed by atoms with van der Waals surface area (Å²) in [5, 5.41) is 0. The average molecular weight is 342 g/mol. The Kier molecular flexibility index (Phi) is 4.21. The van der Waals surface area contributed by atoms with E-state index in [1.165, 1.54) is 26.4 Å². The van der Waals surface area contributed by atoms with Crippen molar-refractivity contribution in [3.63, 3.8) is 0 Å². The molecule has 0 bridgehead atoms. The van der Waals surface area contributed by atoms with Crippen molar-refractivity contribution in [2.24, 2.45) is 0 Å². The lowest BCUT2D eigenvalue weighted by Gasteiger charge is -2.08. The van der Waals surface area contributed by atoms with Crippen LogP contribution in [0.1, 0.15) is 0 Å². The number of ether oxygens (including phenoxy) is 2. The van der Waals surface area contributed by atoms with Crippen LogP contribution in [0.2, 0.25) is 0 Å². The van der Waals surface area contributed by atoms with E-state index in [9.17, 15) is 8.42 Å². The largest absolute Gasteiger partial charge is 0.493 e. The van der Waals surface area contributed by atoms with E-state index in [2.05, 4.69) is 0 Å². The fourth-order valence-corrected chi connectivity index (χ4v) is 2.84. The fraction of sp³-hybridized carbons (Fsp3) is 0.333. The van der Waals surface area contributed by atoms with Crippen LogP contribution < -0.4 is 9.47 Å². The van der Waals surface area contributed by atoms with Crippen LogP contribution in [0.3, 0.4) is 0 Å². The number of methoxy groups -OCH3 is 2. The Hall–Kier alpha value is -0.500. The van der Waals surface area contributed by atoms with Crippen molar-refractivity contribution in [3.05, 3.63) is 18.2 Å². The van der Waals surface area contributed by atoms with Gasteiger partial charge in [-0.1, -0.05) is 22.6 Å². The minimum atomic E-state index is -3.20. The maximum absolute atomic E-state index is 11.6. The molecule has 6 heteroatoms. The molecule has 0 atom stereocenters. The van der Waals surface area contributed by atoms with Gasteiger partial charge in [-0.3, -0.25) is 0 Å². The van der Waals surface area contributed by atoms with Gasteiger partial charge in [0.25, 0.3) is 0 Å². The summed E-state index contributed by atoms with van der Waals surface area (Å²) < 4.78 is 33.2. The fourth-order valence-electron chi connectivity index (χ4n) is 1.07. The van der Waals surface area contributed by atoms with Crippen molar-refractivity contribution in [2.75, 3.05) is 18.0 Å². The number of alkyl halides is 1. The van der Waals surface area contributed by atoms with Gasteiger partial charge in [-0.05, 0) is 12.1 Å². The van der Waals surface area contributed by atoms with Gasteiger partial charge in [-0.25, -0.2) is 8.42 Å². The van der Waals surface area contributed by atoms with Gasteiger partial charge in [-0.15, -0.1) is 0 Å². The highest BCUT2D eigenvalue weighted by Gasteiger charge is 2.15. The minimum absolute atomic E-state index is 0.0419. The van der Waals surface area contributed by atoms with Crippen molar-refractivity contribution in [2.45, 2.75) is 4.90 Å². The van der Waals surface area contributed by atoms with Gasteiger partial charge in [-0.2, -0.15) is 0 Å². The summed E-state index contributed by atoms with van der Waals surface area (Å²) in [7, 11) is -0.230. The lowest BCUT2D eigenvalue weighted by Crippen LogP contribution is -2.02. The second-order valence-electron chi connectivity index (χ2n) is 2.74. The molecule has 0 fully saturated rings. The molecule has 4 nitrogen and oxygen atoms in total. The smallest absolute Gasteiger partial charge is 0.187 e. The van der Waals surface area contributed by atoms with Crippen LogP contribution in [0.15, 0.2) is 23.1 Å². The van der Waals surface area contributed by atoms with E-state index in [-0.39, 0.29) is 8.66 Å². The summed E-state index contributed by atoms with van der Waals surface area (Å²) >= 11 is 1.82. The number of hydrogen-bond donors (Lipinski definition) is 0. The van der Waals surface area contributed by atoms with Crippen LogP contribution in [-0.4, -0.2) is 26.4 Å². The average Bonchev–Trinajstić information content (AvgIpc) is 2.28. The Morgan fingerprint density at radius 3 is 2.27 bits per heavy atom. The predicted octanol–water partition coefficient (Wildman–Crippen LogP) is 1.87. The van der Waals surface area contributed by atoms with Crippen molar-refractivity contribution >= 4 is 32.4 Å². The number of halogens is 1. The number of sulfone groups is 1. The zero-order chi connectivity index (χ0) is 11.5. The second-order valence-corrected chi connectivity index (χ2v) is 6.53. The predicted molar refractivity (Wildman–Crippen MR) is 65.6 cm³/mol. The lowest BCUT2D eigenvalue weighted by atomic mass is 10.3. The Morgan fingerprint density at radius 2 is 1.80 bits per heavy atom. The van der Waals surface area contributed by atoms with Gasteiger partial charge in [0.2, 0.25) is 0 Å². The van der Waals surface area contributed by atoms with Gasteiger partial charge >= 0.3 is 0 Å². The van der Waals surface area contributed by atoms with Gasteiger partial charge in [0.05, 0.1) is 19.1 Å². The molecular formula is C9H11IO4S. The molecule has 1 aromatic rings. The topological polar surface area (TPSA) is 52.6 Å². The Balaban J connectivity index is 3.26. The Bertz CT molecular complexity index is 441. The maximum Gasteiger partial charge on any atom is 0.187 e. The molecule has 0 aliphatic carbocycles. The molecule has 0 saturated carbocycles. The third-order valence-corrected chi connectivity index (χ3v) is 5.58. The molecule has 0 unspecified atom stereocenters. The summed E-state index contributed by atoms with van der Waals surface area (Å²) in [5.74, 6) is 0.938. The van der Waals surface area contributed by atoms with Gasteiger partial charge < -0.3 is 9.47 Å². The first kappa shape index (κ1) is 12.6. The summed E-state index contributed by atoms with van der Waals surface area (Å²) in [6.45, 7) is 0. The van der Waals surface area contributed by atoms with Crippen LogP contribution in [0.5, 0.6) is 11.5 Å². The molecule has 0 N–H and O–H groups in total. The third kappa shape index (κ3) is 2.75. The molecule has 0 amide bonds. The van der Waals surface area contributed by atoms with Crippen molar-refractivity contribution in [3.8, 4) is 11.5 Å². The molecule has 84 valence electrons. The molecule has 15 heavy (non-hydrogen) atoms. The van der Waals surface area contributed by atoms with Crippen molar-refractivity contribution in [1.82, 2.24) is 0 Å². The van der Waals surface area contributed by atoms with E-state index in [1.807, 2.05) is 22.6 Å². The van der Waals surface area contributed by atoms with Gasteiger partial charge in [0.1, 0.15) is 3.76 Å². The van der Waals surface area contributed by atoms with Crippen LogP contribution in [0.4, 0.5) is 0 Å². The van der Waals surface area contributed by atoms with Gasteiger partial charge in [0.15, 0.2) is 21.3 Å².